The number of thioether (sulfide) groups is 1. The summed E-state index contributed by atoms with van der Waals surface area (Å²) in [5.74, 6) is 2.29. The molecule has 1 aromatic heterocycles. The third kappa shape index (κ3) is 3.56. The lowest BCUT2D eigenvalue weighted by molar-refractivity contribution is 0.102. The summed E-state index contributed by atoms with van der Waals surface area (Å²) in [6.45, 7) is 0. The second-order valence-electron chi connectivity index (χ2n) is 6.97. The highest BCUT2D eigenvalue weighted by Crippen LogP contribution is 2.28. The first kappa shape index (κ1) is 15.9. The van der Waals surface area contributed by atoms with E-state index < -0.39 is 0 Å². The normalized spacial score (nSPS) is 17.3. The van der Waals surface area contributed by atoms with Gasteiger partial charge in [0.15, 0.2) is 5.78 Å². The van der Waals surface area contributed by atoms with E-state index in [2.05, 4.69) is 27.3 Å². The SMILES string of the molecule is O=C(CSc1n[nH]c(CC2CCCC2)n1)c1ccc2c(c1)CCC2. The van der Waals surface area contributed by atoms with Crippen LogP contribution in [0, 0.1) is 5.92 Å². The summed E-state index contributed by atoms with van der Waals surface area (Å²) in [4.78, 5) is 17.0. The second-order valence-corrected chi connectivity index (χ2v) is 7.91. The van der Waals surface area contributed by atoms with E-state index in [4.69, 9.17) is 0 Å². The molecule has 0 radical (unpaired) electrons. The molecular formula is C19H23N3OS. The Hall–Kier alpha value is -1.62. The molecule has 1 aromatic carbocycles. The molecule has 0 spiro atoms. The number of aromatic amines is 1. The van der Waals surface area contributed by atoms with Gasteiger partial charge in [-0.25, -0.2) is 4.98 Å². The van der Waals surface area contributed by atoms with Crippen molar-refractivity contribution in [1.29, 1.82) is 0 Å². The van der Waals surface area contributed by atoms with Gasteiger partial charge in [-0.1, -0.05) is 49.6 Å². The number of H-pyrrole nitrogens is 1. The van der Waals surface area contributed by atoms with Gasteiger partial charge in [-0.15, -0.1) is 5.10 Å². The molecule has 0 aliphatic heterocycles. The van der Waals surface area contributed by atoms with Crippen molar-refractivity contribution >= 4 is 17.5 Å². The van der Waals surface area contributed by atoms with Gasteiger partial charge in [-0.05, 0) is 42.4 Å². The van der Waals surface area contributed by atoms with Crippen LogP contribution in [-0.2, 0) is 19.3 Å². The van der Waals surface area contributed by atoms with Crippen LogP contribution >= 0.6 is 11.8 Å². The number of Topliss-reactive ketones (excluding diaryl/α,β-unsaturated/α-hetero) is 1. The molecule has 1 N–H and O–H groups in total. The van der Waals surface area contributed by atoms with E-state index in [9.17, 15) is 4.79 Å². The number of hydrogen-bond donors (Lipinski definition) is 1. The number of hydrogen-bond acceptors (Lipinski definition) is 4. The maximum atomic E-state index is 12.4. The molecule has 5 heteroatoms. The van der Waals surface area contributed by atoms with Gasteiger partial charge in [-0.3, -0.25) is 9.89 Å². The van der Waals surface area contributed by atoms with Crippen LogP contribution in [0.2, 0.25) is 0 Å². The number of aromatic nitrogens is 3. The van der Waals surface area contributed by atoms with Gasteiger partial charge in [-0.2, -0.15) is 0 Å². The topological polar surface area (TPSA) is 58.6 Å². The molecule has 0 unspecified atom stereocenters. The lowest BCUT2D eigenvalue weighted by Gasteiger charge is -2.04. The van der Waals surface area contributed by atoms with Crippen LogP contribution in [0.1, 0.15) is 59.4 Å². The van der Waals surface area contributed by atoms with Crippen LogP contribution in [0.15, 0.2) is 23.4 Å². The number of nitrogens with zero attached hydrogens (tertiary/aromatic N) is 2. The van der Waals surface area contributed by atoms with Gasteiger partial charge in [0.2, 0.25) is 5.16 Å². The molecule has 4 nitrogen and oxygen atoms in total. The molecule has 2 aromatic rings. The summed E-state index contributed by atoms with van der Waals surface area (Å²) in [7, 11) is 0. The molecule has 0 atom stereocenters. The van der Waals surface area contributed by atoms with Crippen molar-refractivity contribution in [2.75, 3.05) is 5.75 Å². The van der Waals surface area contributed by atoms with Crippen molar-refractivity contribution in [3.05, 3.63) is 40.7 Å². The smallest absolute Gasteiger partial charge is 0.208 e. The molecule has 1 saturated carbocycles. The Morgan fingerprint density at radius 3 is 2.88 bits per heavy atom. The standard InChI is InChI=1S/C19H23N3OS/c23-17(16-9-8-14-6-3-7-15(14)11-16)12-24-19-20-18(21-22-19)10-13-4-1-2-5-13/h8-9,11,13H,1-7,10,12H2,(H,20,21,22). The third-order valence-corrected chi connectivity index (χ3v) is 6.07. The van der Waals surface area contributed by atoms with E-state index in [0.717, 1.165) is 36.6 Å². The fourth-order valence-corrected chi connectivity index (χ4v) is 4.59. The predicted octanol–water partition coefficient (Wildman–Crippen LogP) is 4.00. The summed E-state index contributed by atoms with van der Waals surface area (Å²) in [5.41, 5.74) is 3.58. The molecule has 126 valence electrons. The summed E-state index contributed by atoms with van der Waals surface area (Å²) < 4.78 is 0. The van der Waals surface area contributed by atoms with E-state index in [1.807, 2.05) is 6.07 Å². The van der Waals surface area contributed by atoms with E-state index in [0.29, 0.717) is 10.9 Å². The Morgan fingerprint density at radius 2 is 2.00 bits per heavy atom. The predicted molar refractivity (Wildman–Crippen MR) is 95.6 cm³/mol. The van der Waals surface area contributed by atoms with Gasteiger partial charge < -0.3 is 0 Å². The zero-order valence-corrected chi connectivity index (χ0v) is 14.7. The van der Waals surface area contributed by atoms with Crippen molar-refractivity contribution in [3.63, 3.8) is 0 Å². The maximum absolute atomic E-state index is 12.4. The summed E-state index contributed by atoms with van der Waals surface area (Å²) >= 11 is 1.43. The lowest BCUT2D eigenvalue weighted by atomic mass is 10.0. The Kier molecular flexibility index (Phi) is 4.69. The molecule has 0 bridgehead atoms. The fraction of sp³-hybridized carbons (Fsp3) is 0.526. The Bertz CT molecular complexity index is 734. The molecule has 24 heavy (non-hydrogen) atoms. The van der Waals surface area contributed by atoms with Crippen LogP contribution in [0.4, 0.5) is 0 Å². The van der Waals surface area contributed by atoms with Crippen LogP contribution in [0.3, 0.4) is 0 Å². The number of benzene rings is 1. The van der Waals surface area contributed by atoms with Gasteiger partial charge in [0.05, 0.1) is 5.75 Å². The van der Waals surface area contributed by atoms with E-state index >= 15 is 0 Å². The molecule has 1 heterocycles. The Labute approximate surface area is 146 Å². The monoisotopic (exact) mass is 341 g/mol. The molecule has 1 fully saturated rings. The van der Waals surface area contributed by atoms with Gasteiger partial charge in [0, 0.05) is 12.0 Å². The summed E-state index contributed by atoms with van der Waals surface area (Å²) in [5, 5.41) is 7.99. The van der Waals surface area contributed by atoms with E-state index in [1.54, 1.807) is 0 Å². The van der Waals surface area contributed by atoms with E-state index in [1.165, 1.54) is 55.0 Å². The Morgan fingerprint density at radius 1 is 1.17 bits per heavy atom. The first-order valence-electron chi connectivity index (χ1n) is 8.97. The highest BCUT2D eigenvalue weighted by Gasteiger charge is 2.18. The zero-order valence-electron chi connectivity index (χ0n) is 13.9. The minimum atomic E-state index is 0.164. The van der Waals surface area contributed by atoms with Crippen molar-refractivity contribution in [2.45, 2.75) is 56.5 Å². The largest absolute Gasteiger partial charge is 0.293 e. The molecule has 0 saturated heterocycles. The minimum absolute atomic E-state index is 0.164. The van der Waals surface area contributed by atoms with Crippen LogP contribution in [-0.4, -0.2) is 26.7 Å². The first-order valence-corrected chi connectivity index (χ1v) is 9.95. The van der Waals surface area contributed by atoms with Crippen molar-refractivity contribution in [1.82, 2.24) is 15.2 Å². The van der Waals surface area contributed by atoms with Gasteiger partial charge in [0.25, 0.3) is 0 Å². The number of carbonyl (C=O) groups is 1. The fourth-order valence-electron chi connectivity index (χ4n) is 3.88. The van der Waals surface area contributed by atoms with Crippen LogP contribution in [0.25, 0.3) is 0 Å². The number of carbonyl (C=O) groups excluding carboxylic acids is 1. The highest BCUT2D eigenvalue weighted by atomic mass is 32.2. The number of ketones is 1. The third-order valence-electron chi connectivity index (χ3n) is 5.22. The van der Waals surface area contributed by atoms with E-state index in [-0.39, 0.29) is 5.78 Å². The van der Waals surface area contributed by atoms with Crippen LogP contribution in [0.5, 0.6) is 0 Å². The minimum Gasteiger partial charge on any atom is -0.293 e. The average molecular weight is 341 g/mol. The zero-order chi connectivity index (χ0) is 16.4. The quantitative estimate of drug-likeness (QED) is 0.637. The lowest BCUT2D eigenvalue weighted by Crippen LogP contribution is -2.03. The molecule has 4 rings (SSSR count). The summed E-state index contributed by atoms with van der Waals surface area (Å²) in [6, 6.07) is 6.16. The van der Waals surface area contributed by atoms with Crippen LogP contribution < -0.4 is 0 Å². The molecule has 2 aliphatic carbocycles. The number of aryl methyl sites for hydroxylation is 2. The van der Waals surface area contributed by atoms with Gasteiger partial charge >= 0.3 is 0 Å². The number of rotatable bonds is 6. The van der Waals surface area contributed by atoms with Crippen molar-refractivity contribution in [2.24, 2.45) is 5.92 Å². The maximum Gasteiger partial charge on any atom is 0.208 e. The average Bonchev–Trinajstić information content (AvgIpc) is 3.34. The van der Waals surface area contributed by atoms with Gasteiger partial charge in [0.1, 0.15) is 5.82 Å². The second kappa shape index (κ2) is 7.09. The highest BCUT2D eigenvalue weighted by molar-refractivity contribution is 7.99. The number of fused-ring (bicyclic) bond motifs is 1. The molecular weight excluding hydrogens is 318 g/mol. The van der Waals surface area contributed by atoms with Crippen molar-refractivity contribution < 1.29 is 4.79 Å². The number of nitrogens with one attached hydrogen (secondary N) is 1. The molecule has 0 amide bonds. The molecule has 2 aliphatic rings. The van der Waals surface area contributed by atoms with Crippen molar-refractivity contribution in [3.8, 4) is 0 Å². The summed E-state index contributed by atoms with van der Waals surface area (Å²) in [6.07, 6.45) is 9.76. The Balaban J connectivity index is 1.33. The first-order chi connectivity index (χ1) is 11.8.